The van der Waals surface area contributed by atoms with E-state index in [1.165, 1.54) is 6.92 Å². The zero-order chi connectivity index (χ0) is 16.8. The van der Waals surface area contributed by atoms with Gasteiger partial charge in [0.15, 0.2) is 0 Å². The summed E-state index contributed by atoms with van der Waals surface area (Å²) in [5.74, 6) is 1.76. The first-order chi connectivity index (χ1) is 10.9. The van der Waals surface area contributed by atoms with Crippen LogP contribution in [-0.2, 0) is 4.79 Å². The number of amides is 1. The van der Waals surface area contributed by atoms with Crippen LogP contribution < -0.4 is 16.0 Å². The molecule has 1 heterocycles. The van der Waals surface area contributed by atoms with Gasteiger partial charge in [-0.15, -0.1) is 0 Å². The summed E-state index contributed by atoms with van der Waals surface area (Å²) in [6.07, 6.45) is 0. The summed E-state index contributed by atoms with van der Waals surface area (Å²) in [6, 6.07) is 9.36. The van der Waals surface area contributed by atoms with E-state index in [9.17, 15) is 4.79 Å². The van der Waals surface area contributed by atoms with Crippen LogP contribution in [0.3, 0.4) is 0 Å². The molecule has 0 radical (unpaired) electrons. The van der Waals surface area contributed by atoms with Crippen LogP contribution in [-0.4, -0.2) is 22.4 Å². The Balaban J connectivity index is 2.14. The van der Waals surface area contributed by atoms with E-state index in [0.29, 0.717) is 11.9 Å². The summed E-state index contributed by atoms with van der Waals surface area (Å²) < 4.78 is 0. The minimum atomic E-state index is -0.103. The smallest absolute Gasteiger partial charge is 0.229 e. The maximum atomic E-state index is 11.1. The normalized spacial score (nSPS) is 10.5. The van der Waals surface area contributed by atoms with Gasteiger partial charge in [0.05, 0.1) is 0 Å². The summed E-state index contributed by atoms with van der Waals surface area (Å²) in [5.41, 5.74) is 2.43. The molecule has 0 saturated heterocycles. The summed E-state index contributed by atoms with van der Waals surface area (Å²) in [7, 11) is 0. The molecule has 1 amide bonds. The van der Waals surface area contributed by atoms with E-state index in [0.717, 1.165) is 29.4 Å². The number of nitrogens with one attached hydrogen (secondary N) is 3. The van der Waals surface area contributed by atoms with Crippen LogP contribution in [0.4, 0.5) is 23.1 Å². The first-order valence-electron chi connectivity index (χ1n) is 7.66. The second kappa shape index (κ2) is 7.58. The molecule has 1 aromatic carbocycles. The molecule has 0 aliphatic carbocycles. The highest BCUT2D eigenvalue weighted by atomic mass is 16.1. The van der Waals surface area contributed by atoms with Crippen LogP contribution in [0.15, 0.2) is 30.3 Å². The molecule has 0 aliphatic heterocycles. The van der Waals surface area contributed by atoms with Gasteiger partial charge in [-0.3, -0.25) is 4.79 Å². The van der Waals surface area contributed by atoms with Crippen molar-refractivity contribution in [3.8, 4) is 0 Å². The highest BCUT2D eigenvalue weighted by molar-refractivity contribution is 5.89. The Hall–Kier alpha value is -2.63. The van der Waals surface area contributed by atoms with Crippen molar-refractivity contribution in [2.24, 2.45) is 5.92 Å². The van der Waals surface area contributed by atoms with E-state index < -0.39 is 0 Å². The minimum Gasteiger partial charge on any atom is -0.370 e. The van der Waals surface area contributed by atoms with Crippen molar-refractivity contribution >= 4 is 29.0 Å². The van der Waals surface area contributed by atoms with Crippen LogP contribution in [0.2, 0.25) is 0 Å². The van der Waals surface area contributed by atoms with Gasteiger partial charge < -0.3 is 16.0 Å². The molecule has 0 atom stereocenters. The fourth-order valence-corrected chi connectivity index (χ4v) is 2.03. The van der Waals surface area contributed by atoms with Gasteiger partial charge in [-0.05, 0) is 31.0 Å². The van der Waals surface area contributed by atoms with Crippen LogP contribution >= 0.6 is 0 Å². The standard InChI is InChI=1S/C17H23N5O/c1-11(2)10-18-16-8-12(3)19-17(22-16)21-15-7-5-6-14(9-15)20-13(4)23/h5-9,11H,10H2,1-4H3,(H,20,23)(H2,18,19,21,22). The number of anilines is 4. The Bertz CT molecular complexity index is 684. The third kappa shape index (κ3) is 5.58. The van der Waals surface area contributed by atoms with Crippen molar-refractivity contribution in [2.45, 2.75) is 27.7 Å². The molecule has 6 nitrogen and oxygen atoms in total. The van der Waals surface area contributed by atoms with Gasteiger partial charge >= 0.3 is 0 Å². The number of rotatable bonds is 6. The number of carbonyl (C=O) groups is 1. The summed E-state index contributed by atoms with van der Waals surface area (Å²) in [5, 5.41) is 9.23. The van der Waals surface area contributed by atoms with Crippen LogP contribution in [0.25, 0.3) is 0 Å². The van der Waals surface area contributed by atoms with Gasteiger partial charge in [-0.2, -0.15) is 4.98 Å². The van der Waals surface area contributed by atoms with Gasteiger partial charge in [0, 0.05) is 36.6 Å². The number of carbonyl (C=O) groups excluding carboxylic acids is 1. The van der Waals surface area contributed by atoms with Gasteiger partial charge in [-0.25, -0.2) is 4.98 Å². The monoisotopic (exact) mass is 313 g/mol. The molecule has 0 bridgehead atoms. The van der Waals surface area contributed by atoms with E-state index in [2.05, 4.69) is 39.8 Å². The van der Waals surface area contributed by atoms with E-state index in [-0.39, 0.29) is 5.91 Å². The fraction of sp³-hybridized carbons (Fsp3) is 0.353. The lowest BCUT2D eigenvalue weighted by molar-refractivity contribution is -0.114. The Morgan fingerprint density at radius 3 is 2.61 bits per heavy atom. The van der Waals surface area contributed by atoms with Crippen LogP contribution in [0.5, 0.6) is 0 Å². The average molecular weight is 313 g/mol. The van der Waals surface area contributed by atoms with Gasteiger partial charge in [-0.1, -0.05) is 19.9 Å². The second-order valence-corrected chi connectivity index (χ2v) is 5.88. The van der Waals surface area contributed by atoms with Crippen molar-refractivity contribution in [2.75, 3.05) is 22.5 Å². The van der Waals surface area contributed by atoms with Crippen molar-refractivity contribution in [1.29, 1.82) is 0 Å². The molecule has 0 saturated carbocycles. The van der Waals surface area contributed by atoms with Gasteiger partial charge in [0.25, 0.3) is 0 Å². The number of benzene rings is 1. The zero-order valence-electron chi connectivity index (χ0n) is 14.0. The Kier molecular flexibility index (Phi) is 5.51. The number of hydrogen-bond donors (Lipinski definition) is 3. The molecular formula is C17H23N5O. The molecule has 1 aromatic heterocycles. The van der Waals surface area contributed by atoms with Crippen LogP contribution in [0, 0.1) is 12.8 Å². The first-order valence-corrected chi connectivity index (χ1v) is 7.66. The van der Waals surface area contributed by atoms with Gasteiger partial charge in [0.2, 0.25) is 11.9 Å². The molecule has 2 rings (SSSR count). The van der Waals surface area contributed by atoms with Gasteiger partial charge in [0.1, 0.15) is 5.82 Å². The molecule has 3 N–H and O–H groups in total. The SMILES string of the molecule is CC(=O)Nc1cccc(Nc2nc(C)cc(NCC(C)C)n2)c1. The molecular weight excluding hydrogens is 290 g/mol. The molecule has 0 fully saturated rings. The van der Waals surface area contributed by atoms with E-state index in [1.807, 2.05) is 37.3 Å². The minimum absolute atomic E-state index is 0.103. The van der Waals surface area contributed by atoms with Crippen molar-refractivity contribution in [3.63, 3.8) is 0 Å². The fourth-order valence-electron chi connectivity index (χ4n) is 2.03. The molecule has 122 valence electrons. The number of aromatic nitrogens is 2. The Morgan fingerprint density at radius 2 is 1.91 bits per heavy atom. The highest BCUT2D eigenvalue weighted by Crippen LogP contribution is 2.19. The van der Waals surface area contributed by atoms with E-state index in [1.54, 1.807) is 0 Å². The lowest BCUT2D eigenvalue weighted by Gasteiger charge is -2.12. The predicted molar refractivity (Wildman–Crippen MR) is 94.1 cm³/mol. The lowest BCUT2D eigenvalue weighted by Crippen LogP contribution is -2.11. The Labute approximate surface area is 136 Å². The topological polar surface area (TPSA) is 78.9 Å². The molecule has 0 spiro atoms. The first kappa shape index (κ1) is 16.7. The largest absolute Gasteiger partial charge is 0.370 e. The van der Waals surface area contributed by atoms with Crippen molar-refractivity contribution in [1.82, 2.24) is 9.97 Å². The molecule has 6 heteroatoms. The van der Waals surface area contributed by atoms with Crippen LogP contribution in [0.1, 0.15) is 26.5 Å². The second-order valence-electron chi connectivity index (χ2n) is 5.88. The molecule has 0 aliphatic rings. The summed E-state index contributed by atoms with van der Waals surface area (Å²) >= 11 is 0. The van der Waals surface area contributed by atoms with E-state index >= 15 is 0 Å². The van der Waals surface area contributed by atoms with Crippen molar-refractivity contribution < 1.29 is 4.79 Å². The summed E-state index contributed by atoms with van der Waals surface area (Å²) in [4.78, 5) is 20.0. The third-order valence-electron chi connectivity index (χ3n) is 2.98. The molecule has 0 unspecified atom stereocenters. The molecule has 2 aromatic rings. The molecule has 23 heavy (non-hydrogen) atoms. The maximum Gasteiger partial charge on any atom is 0.229 e. The highest BCUT2D eigenvalue weighted by Gasteiger charge is 2.04. The quantitative estimate of drug-likeness (QED) is 0.760. The Morgan fingerprint density at radius 1 is 1.17 bits per heavy atom. The number of aryl methyl sites for hydroxylation is 1. The average Bonchev–Trinajstić information content (AvgIpc) is 2.44. The lowest BCUT2D eigenvalue weighted by atomic mass is 10.2. The number of hydrogen-bond acceptors (Lipinski definition) is 5. The predicted octanol–water partition coefficient (Wildman–Crippen LogP) is 3.55. The zero-order valence-corrected chi connectivity index (χ0v) is 14.0. The summed E-state index contributed by atoms with van der Waals surface area (Å²) in [6.45, 7) is 8.56. The van der Waals surface area contributed by atoms with Crippen molar-refractivity contribution in [3.05, 3.63) is 36.0 Å². The third-order valence-corrected chi connectivity index (χ3v) is 2.98. The maximum absolute atomic E-state index is 11.1. The van der Waals surface area contributed by atoms with E-state index in [4.69, 9.17) is 0 Å². The number of nitrogens with zero attached hydrogens (tertiary/aromatic N) is 2.